The molecule has 0 saturated carbocycles. The van der Waals surface area contributed by atoms with Crippen molar-refractivity contribution in [3.8, 4) is 28.7 Å². The Balaban J connectivity index is 0.000000289. The van der Waals surface area contributed by atoms with Crippen molar-refractivity contribution in [1.29, 1.82) is 0 Å². The number of methoxy groups -OCH3 is 1. The number of carbonyl (C=O) groups is 4. The predicted molar refractivity (Wildman–Crippen MR) is 299 cm³/mol. The predicted octanol–water partition coefficient (Wildman–Crippen LogP) is -5.69. The molecule has 3 aromatic carbocycles. The van der Waals surface area contributed by atoms with Gasteiger partial charge < -0.3 is 144 Å². The normalized spacial score (nSPS) is 27.7. The van der Waals surface area contributed by atoms with Gasteiger partial charge in [0.1, 0.15) is 117 Å². The van der Waals surface area contributed by atoms with E-state index in [1.54, 1.807) is 24.3 Å². The van der Waals surface area contributed by atoms with Gasteiger partial charge in [-0.3, -0.25) is 4.79 Å². The van der Waals surface area contributed by atoms with Gasteiger partial charge in [0.25, 0.3) is 0 Å². The number of hydrogen-bond donors (Lipinski definition) is 18. The second-order valence-corrected chi connectivity index (χ2v) is 19.8. The highest BCUT2D eigenvalue weighted by atomic mass is 16.7. The third kappa shape index (κ3) is 24.4. The van der Waals surface area contributed by atoms with Gasteiger partial charge in [0.2, 0.25) is 0 Å². The number of carbonyl (C=O) groups excluding carboxylic acids is 4. The van der Waals surface area contributed by atoms with E-state index in [0.29, 0.717) is 22.4 Å². The van der Waals surface area contributed by atoms with Crippen molar-refractivity contribution in [1.82, 2.24) is 0 Å². The van der Waals surface area contributed by atoms with E-state index in [9.17, 15) is 95.8 Å². The highest BCUT2D eigenvalue weighted by molar-refractivity contribution is 5.88. The van der Waals surface area contributed by atoms with Gasteiger partial charge in [-0.05, 0) is 71.3 Å². The van der Waals surface area contributed by atoms with Gasteiger partial charge in [-0.15, -0.1) is 0 Å². The van der Waals surface area contributed by atoms with Crippen LogP contribution in [-0.4, -0.2) is 293 Å². The Bertz CT molecular complexity index is 2760. The van der Waals surface area contributed by atoms with E-state index in [-0.39, 0.29) is 23.0 Å². The smallest absolute Gasteiger partial charge is 0.330 e. The highest BCUT2D eigenvalue weighted by Crippen LogP contribution is 2.30. The van der Waals surface area contributed by atoms with Crippen molar-refractivity contribution in [3.05, 3.63) is 95.6 Å². The summed E-state index contributed by atoms with van der Waals surface area (Å²) in [7, 11) is 1.40. The molecular formula is C57H76O33. The van der Waals surface area contributed by atoms with Crippen LogP contribution in [0.4, 0.5) is 0 Å². The van der Waals surface area contributed by atoms with E-state index in [1.165, 1.54) is 68.7 Å². The molecule has 0 radical (unpaired) electrons. The van der Waals surface area contributed by atoms with Crippen molar-refractivity contribution in [2.24, 2.45) is 0 Å². The number of phenols is 3. The van der Waals surface area contributed by atoms with Gasteiger partial charge in [0.15, 0.2) is 41.9 Å². The number of ether oxygens (including phenoxy) is 11. The number of hydrogen-bond acceptors (Lipinski definition) is 33. The SMILES string of the molecule is COc1cc(/C=C/C(=O)OC[C@@H](O)CO[C@@H]2OC(CO)[C@@H](O)[C@@H](O)C2O)ccc1OC(C)=O.O=C(/C=C/c1ccc(O)c(O)c1)OC[C@@H](O)CO[C@@H]1OC(CO)[C@@H](O)[C@@H](O)C1O.O=C(/C=C/c1ccc(O)cc1)OC[C@@H](O)CO[C@@H]1OC(CO)[C@@H](O)[C@@H](O)C1O. The van der Waals surface area contributed by atoms with Gasteiger partial charge in [0, 0.05) is 25.2 Å². The first-order chi connectivity index (χ1) is 42.7. The third-order valence-electron chi connectivity index (χ3n) is 12.7. The summed E-state index contributed by atoms with van der Waals surface area (Å²) in [5.74, 6) is -2.78. The molecule has 90 heavy (non-hydrogen) atoms. The monoisotopic (exact) mass is 1290 g/mol. The first kappa shape index (κ1) is 75.6. The molecule has 0 amide bonds. The van der Waals surface area contributed by atoms with Crippen molar-refractivity contribution in [3.63, 3.8) is 0 Å². The second-order valence-electron chi connectivity index (χ2n) is 19.8. The number of esters is 4. The van der Waals surface area contributed by atoms with E-state index in [4.69, 9.17) is 67.4 Å². The van der Waals surface area contributed by atoms with E-state index in [0.717, 1.165) is 18.2 Å². The zero-order chi connectivity index (χ0) is 66.8. The minimum absolute atomic E-state index is 0.0993. The van der Waals surface area contributed by atoms with Crippen LogP contribution in [0, 0.1) is 0 Å². The Labute approximate surface area is 512 Å². The zero-order valence-corrected chi connectivity index (χ0v) is 48.2. The van der Waals surface area contributed by atoms with Crippen LogP contribution in [0.1, 0.15) is 23.6 Å². The molecule has 502 valence electrons. The number of aromatic hydroxyl groups is 3. The molecule has 18 N–H and O–H groups in total. The lowest BCUT2D eigenvalue weighted by atomic mass is 9.99. The molecular weight excluding hydrogens is 1210 g/mol. The molecule has 3 fully saturated rings. The molecule has 0 bridgehead atoms. The largest absolute Gasteiger partial charge is 0.508 e. The van der Waals surface area contributed by atoms with Crippen LogP contribution in [0.25, 0.3) is 18.2 Å². The maximum atomic E-state index is 11.9. The van der Waals surface area contributed by atoms with E-state index in [2.05, 4.69) is 0 Å². The van der Waals surface area contributed by atoms with Gasteiger partial charge in [-0.1, -0.05) is 24.3 Å². The topological polar surface area (TPSA) is 534 Å². The van der Waals surface area contributed by atoms with E-state index >= 15 is 0 Å². The highest BCUT2D eigenvalue weighted by Gasteiger charge is 2.46. The Morgan fingerprint density at radius 2 is 0.789 bits per heavy atom. The maximum Gasteiger partial charge on any atom is 0.330 e. The number of rotatable bonds is 26. The minimum atomic E-state index is -1.61. The van der Waals surface area contributed by atoms with Crippen LogP contribution in [0.15, 0.2) is 78.9 Å². The van der Waals surface area contributed by atoms with Gasteiger partial charge >= 0.3 is 23.9 Å². The van der Waals surface area contributed by atoms with E-state index in [1.807, 2.05) is 0 Å². The third-order valence-corrected chi connectivity index (χ3v) is 12.7. The van der Waals surface area contributed by atoms with Gasteiger partial charge in [-0.25, -0.2) is 14.4 Å². The minimum Gasteiger partial charge on any atom is -0.508 e. The number of benzene rings is 3. The molecule has 3 aromatic rings. The lowest BCUT2D eigenvalue weighted by Gasteiger charge is -2.39. The molecule has 3 aliphatic rings. The van der Waals surface area contributed by atoms with Crippen molar-refractivity contribution < 1.29 is 163 Å². The van der Waals surface area contributed by atoms with Crippen LogP contribution in [0.3, 0.4) is 0 Å². The summed E-state index contributed by atoms with van der Waals surface area (Å²) in [5.41, 5.74) is 1.66. The lowest BCUT2D eigenvalue weighted by molar-refractivity contribution is -0.305. The van der Waals surface area contributed by atoms with Gasteiger partial charge in [0.05, 0.1) is 46.8 Å². The summed E-state index contributed by atoms with van der Waals surface area (Å²) in [5, 5.41) is 172. The Kier molecular flexibility index (Phi) is 32.0. The van der Waals surface area contributed by atoms with Crippen LogP contribution in [0.5, 0.6) is 28.7 Å². The van der Waals surface area contributed by atoms with Gasteiger partial charge in [-0.2, -0.15) is 0 Å². The summed E-state index contributed by atoms with van der Waals surface area (Å²) in [6, 6.07) is 14.7. The number of phenolic OH excluding ortho intramolecular Hbond substituents is 3. The molecule has 3 saturated heterocycles. The molecule has 0 aliphatic carbocycles. The lowest BCUT2D eigenvalue weighted by Crippen LogP contribution is -2.59. The zero-order valence-electron chi connectivity index (χ0n) is 48.2. The van der Waals surface area contributed by atoms with Crippen LogP contribution < -0.4 is 9.47 Å². The van der Waals surface area contributed by atoms with Crippen molar-refractivity contribution in [2.75, 3.05) is 66.6 Å². The van der Waals surface area contributed by atoms with Crippen molar-refractivity contribution in [2.45, 2.75) is 117 Å². The quantitative estimate of drug-likeness (QED) is 0.0117. The fraction of sp³-hybridized carbons (Fsp3) is 0.509. The average Bonchev–Trinajstić information content (AvgIpc) is 1.18. The maximum absolute atomic E-state index is 11.9. The Hall–Kier alpha value is -6.88. The summed E-state index contributed by atoms with van der Waals surface area (Å²) in [4.78, 5) is 46.3. The first-order valence-corrected chi connectivity index (χ1v) is 27.2. The van der Waals surface area contributed by atoms with E-state index < -0.39 is 194 Å². The average molecular weight is 1290 g/mol. The molecule has 33 heteroatoms. The molecule has 0 spiro atoms. The molecule has 0 aromatic heterocycles. The summed E-state index contributed by atoms with van der Waals surface area (Å²) in [6.07, 6.45) is -18.0. The Morgan fingerprint density at radius 1 is 0.444 bits per heavy atom. The summed E-state index contributed by atoms with van der Waals surface area (Å²) in [6.45, 7) is -3.08. The second kappa shape index (κ2) is 38.1. The Morgan fingerprint density at radius 3 is 1.13 bits per heavy atom. The molecule has 3 heterocycles. The fourth-order valence-electron chi connectivity index (χ4n) is 7.81. The standard InChI is InChI=1S/C21H28O12.C18H24O11.C18H24O10/c1-11(23)32-14-5-3-12(7-15(14)29-2)4-6-17(25)30-9-13(24)10-31-21-20(28)19(27)18(26)16(8-22)33-21;19-6-13-15(24)16(25)17(26)18(29-13)28-8-10(20)7-27-14(23)4-2-9-1-3-11(21)12(22)5-9;19-7-13-15(23)16(24)17(25)18(28-13)27-9-12(21)8-26-14(22)6-3-10-1-4-11(20)5-2-10/h3-7,13,16,18-22,24,26-28H,8-10H2,1-2H3;1-5,10,13,15-22,24-26H,6-8H2;1-6,12-13,15-21,23-25H,7-9H2/b6-4+;4-2+;6-3+/t13-,16?,18-,19-,20?,21-;10-,13?,15-,16-,17?,18-;12-,13?,15-,16-,17?,18-/m111/s1. The molecule has 3 aliphatic heterocycles. The molecule has 33 nitrogen and oxygen atoms in total. The molecule has 6 unspecified atom stereocenters. The summed E-state index contributed by atoms with van der Waals surface area (Å²) < 4.78 is 55.6. The molecule has 18 atom stereocenters. The first-order valence-electron chi connectivity index (χ1n) is 27.2. The van der Waals surface area contributed by atoms with Crippen LogP contribution >= 0.6 is 0 Å². The number of aliphatic hydroxyl groups is 15. The van der Waals surface area contributed by atoms with Crippen LogP contribution in [0.2, 0.25) is 0 Å². The fourth-order valence-corrected chi connectivity index (χ4v) is 7.81. The van der Waals surface area contributed by atoms with Crippen molar-refractivity contribution >= 4 is 42.1 Å². The molecule has 6 rings (SSSR count). The number of aliphatic hydroxyl groups excluding tert-OH is 15. The summed E-state index contributed by atoms with van der Waals surface area (Å²) >= 11 is 0. The van der Waals surface area contributed by atoms with Crippen LogP contribution in [-0.2, 0) is 61.8 Å².